The molecule has 16 nitrogen and oxygen atoms in total. The minimum Gasteiger partial charge on any atom is -0.569 e. The van der Waals surface area contributed by atoms with Crippen molar-refractivity contribution < 1.29 is 33.6 Å². The Morgan fingerprint density at radius 3 is 2.51 bits per heavy atom. The first kappa shape index (κ1) is 39.0. The molecule has 284 valence electrons. The average molecular weight is 752 g/mol. The lowest BCUT2D eigenvalue weighted by Gasteiger charge is -2.28. The maximum atomic E-state index is 13.4. The fourth-order valence-electron chi connectivity index (χ4n) is 6.26. The lowest BCUT2D eigenvalue weighted by molar-refractivity contribution is -0.718. The smallest absolute Gasteiger partial charge is 0.511 e. The molecule has 1 unspecified atom stereocenters. The van der Waals surface area contributed by atoms with E-state index in [4.69, 9.17) is 30.6 Å². The van der Waals surface area contributed by atoms with Crippen LogP contribution in [0.3, 0.4) is 0 Å². The molecule has 1 aliphatic rings. The van der Waals surface area contributed by atoms with E-state index < -0.39 is 18.4 Å². The van der Waals surface area contributed by atoms with Crippen LogP contribution in [0.2, 0.25) is 5.15 Å². The number of aromatic nitrogens is 6. The van der Waals surface area contributed by atoms with Crippen molar-refractivity contribution in [3.8, 4) is 22.5 Å². The largest absolute Gasteiger partial charge is 0.569 e. The molecule has 5 rings (SSSR count). The quantitative estimate of drug-likeness (QED) is 0.0268. The van der Waals surface area contributed by atoms with Crippen LogP contribution in [0.25, 0.3) is 22.5 Å². The maximum Gasteiger partial charge on any atom is 0.511 e. The minimum atomic E-state index is -1.28. The van der Waals surface area contributed by atoms with Gasteiger partial charge in [-0.2, -0.15) is 0 Å². The monoisotopic (exact) mass is 751 g/mol. The van der Waals surface area contributed by atoms with Crippen molar-refractivity contribution in [1.29, 1.82) is 0 Å². The molecule has 0 amide bonds. The van der Waals surface area contributed by atoms with Crippen LogP contribution in [0.4, 0.5) is 4.79 Å². The molecule has 1 fully saturated rings. The number of unbranched alkanes of at least 4 members (excludes halogenated alkanes) is 1. The van der Waals surface area contributed by atoms with Gasteiger partial charge in [0.05, 0.1) is 24.2 Å². The highest BCUT2D eigenvalue weighted by atomic mass is 35.5. The summed E-state index contributed by atoms with van der Waals surface area (Å²) in [6, 6.07) is 15.9. The van der Waals surface area contributed by atoms with E-state index in [0.29, 0.717) is 36.1 Å². The summed E-state index contributed by atoms with van der Waals surface area (Å²) in [4.78, 5) is 35.9. The number of aryl methyl sites for hydroxylation is 1. The normalized spacial score (nSPS) is 14.1. The molecule has 1 saturated carbocycles. The van der Waals surface area contributed by atoms with Crippen LogP contribution < -0.4 is 0 Å². The van der Waals surface area contributed by atoms with Gasteiger partial charge in [0.1, 0.15) is 12.4 Å². The highest BCUT2D eigenvalue weighted by Gasteiger charge is 2.27. The van der Waals surface area contributed by atoms with Crippen molar-refractivity contribution in [3.63, 3.8) is 0 Å². The van der Waals surface area contributed by atoms with Crippen molar-refractivity contribution in [3.05, 3.63) is 76.0 Å². The lowest BCUT2D eigenvalue weighted by Crippen LogP contribution is -2.41. The summed E-state index contributed by atoms with van der Waals surface area (Å²) in [7, 11) is 0. The zero-order valence-electron chi connectivity index (χ0n) is 30.3. The number of hydrazine groups is 1. The molecule has 0 bridgehead atoms. The molecule has 0 aliphatic heterocycles. The molecule has 53 heavy (non-hydrogen) atoms. The first-order valence-electron chi connectivity index (χ1n) is 18.1. The predicted octanol–water partition coefficient (Wildman–Crippen LogP) is 7.28. The number of H-pyrrole nitrogens is 1. The van der Waals surface area contributed by atoms with E-state index in [1.807, 2.05) is 55.5 Å². The summed E-state index contributed by atoms with van der Waals surface area (Å²) < 4.78 is 17.4. The molecule has 0 radical (unpaired) electrons. The summed E-state index contributed by atoms with van der Waals surface area (Å²) in [5, 5.41) is 31.9. The number of tetrazole rings is 1. The number of esters is 1. The first-order valence-corrected chi connectivity index (χ1v) is 18.4. The van der Waals surface area contributed by atoms with Gasteiger partial charge in [0.15, 0.2) is 16.7 Å². The minimum absolute atomic E-state index is 0.00930. The van der Waals surface area contributed by atoms with Crippen LogP contribution in [-0.4, -0.2) is 84.4 Å². The number of carbonyl (C=O) groups is 2. The van der Waals surface area contributed by atoms with Gasteiger partial charge in [-0.15, -0.1) is 10.1 Å². The molecule has 0 saturated heterocycles. The third-order valence-electron chi connectivity index (χ3n) is 8.89. The number of ether oxygens (including phenoxy) is 3. The van der Waals surface area contributed by atoms with Gasteiger partial charge in [0.2, 0.25) is 11.6 Å². The van der Waals surface area contributed by atoms with Crippen LogP contribution in [0.15, 0.2) is 53.8 Å². The number of nitrogens with one attached hydrogen (secondary N) is 1. The van der Waals surface area contributed by atoms with Crippen molar-refractivity contribution in [2.45, 2.75) is 97.4 Å². The second kappa shape index (κ2) is 19.5. The lowest BCUT2D eigenvalue weighted by atomic mass is 9.95. The second-order valence-electron chi connectivity index (χ2n) is 12.6. The van der Waals surface area contributed by atoms with Crippen LogP contribution in [-0.2, 0) is 32.0 Å². The van der Waals surface area contributed by atoms with E-state index in [1.165, 1.54) is 13.3 Å². The number of imidazole rings is 1. The molecule has 4 aromatic rings. The Morgan fingerprint density at radius 2 is 1.81 bits per heavy atom. The van der Waals surface area contributed by atoms with Gasteiger partial charge in [-0.1, -0.05) is 92.7 Å². The Hall–Kier alpha value is -5.25. The van der Waals surface area contributed by atoms with E-state index in [1.54, 1.807) is 9.58 Å². The third-order valence-corrected chi connectivity index (χ3v) is 9.15. The Balaban J connectivity index is 1.14. The zero-order valence-corrected chi connectivity index (χ0v) is 31.0. The Labute approximate surface area is 312 Å². The summed E-state index contributed by atoms with van der Waals surface area (Å²) in [5.41, 5.74) is 3.71. The summed E-state index contributed by atoms with van der Waals surface area (Å²) in [6.45, 7) is 6.18. The summed E-state index contributed by atoms with van der Waals surface area (Å²) in [6.07, 6.45) is 5.58. The fraction of sp³-hybridized carbons (Fsp3) is 0.500. The van der Waals surface area contributed by atoms with Crippen molar-refractivity contribution in [2.75, 3.05) is 19.8 Å². The molecule has 17 heteroatoms. The molecule has 2 aromatic heterocycles. The second-order valence-corrected chi connectivity index (χ2v) is 13.0. The van der Waals surface area contributed by atoms with Gasteiger partial charge in [-0.05, 0) is 53.3 Å². The molecule has 1 aliphatic carbocycles. The maximum absolute atomic E-state index is 13.4. The molecule has 1 atom stereocenters. The zero-order chi connectivity index (χ0) is 37.6. The Kier molecular flexibility index (Phi) is 14.4. The number of carbonyl (C=O) groups excluding carboxylic acids is 2. The van der Waals surface area contributed by atoms with E-state index in [0.717, 1.165) is 60.8 Å². The Bertz CT molecular complexity index is 1800. The number of aromatic amines is 1. The van der Waals surface area contributed by atoms with E-state index in [2.05, 4.69) is 37.8 Å². The fourth-order valence-corrected chi connectivity index (χ4v) is 6.54. The SMILES string of the molecule is CCCCc1nc(Cl)c(C(=O)OC(C)OC(=O)OCCCO/N=[N+](\[O-])N(CC)C2CCCCC2)n1Cc1ccc(-c2ccccc2-c2nnn[nH]2)cc1. The predicted molar refractivity (Wildman–Crippen MR) is 193 cm³/mol. The van der Waals surface area contributed by atoms with Crippen LogP contribution in [0, 0.1) is 5.21 Å². The Morgan fingerprint density at radius 1 is 1.06 bits per heavy atom. The van der Waals surface area contributed by atoms with Gasteiger partial charge in [0.25, 0.3) is 0 Å². The van der Waals surface area contributed by atoms with Crippen LogP contribution in [0.1, 0.15) is 94.0 Å². The number of nitrogens with zero attached hydrogens (tertiary/aromatic N) is 8. The standard InChI is InChI=1S/C36H46ClN9O7/c1-4-6-17-31-38-33(37)32(44(31)24-26-18-20-27(21-19-26)29-15-10-11-16-30(29)34-39-41-42-40-34)35(47)52-25(3)53-36(48)50-22-12-23-51-43-46(49)45(5-2)28-13-8-7-9-14-28/h10-11,15-16,18-21,25,28H,4-9,12-14,17,22-24H2,1-3H3,(H,39,40,41,42)/b46-43-. The van der Waals surface area contributed by atoms with E-state index >= 15 is 0 Å². The van der Waals surface area contributed by atoms with E-state index in [-0.39, 0.29) is 36.5 Å². The number of hydrogen-bond acceptors (Lipinski definition) is 12. The van der Waals surface area contributed by atoms with Gasteiger partial charge in [0, 0.05) is 31.9 Å². The third kappa shape index (κ3) is 10.7. The highest BCUT2D eigenvalue weighted by Crippen LogP contribution is 2.30. The van der Waals surface area contributed by atoms with Gasteiger partial charge >= 0.3 is 12.1 Å². The van der Waals surface area contributed by atoms with E-state index in [9.17, 15) is 14.8 Å². The van der Waals surface area contributed by atoms with Crippen molar-refractivity contribution in [1.82, 2.24) is 35.2 Å². The number of halogens is 1. The van der Waals surface area contributed by atoms with Crippen LogP contribution >= 0.6 is 11.6 Å². The molecule has 0 spiro atoms. The molecular weight excluding hydrogens is 706 g/mol. The number of rotatable bonds is 18. The van der Waals surface area contributed by atoms with Gasteiger partial charge in [-0.25, -0.2) is 19.7 Å². The number of benzene rings is 2. The summed E-state index contributed by atoms with van der Waals surface area (Å²) >= 11 is 6.52. The van der Waals surface area contributed by atoms with Crippen molar-refractivity contribution >= 4 is 23.7 Å². The molecule has 2 aromatic carbocycles. The van der Waals surface area contributed by atoms with Gasteiger partial charge < -0.3 is 28.8 Å². The molecule has 1 N–H and O–H groups in total. The number of hydrogen-bond donors (Lipinski definition) is 1. The van der Waals surface area contributed by atoms with Gasteiger partial charge in [-0.3, -0.25) is 0 Å². The van der Waals surface area contributed by atoms with Crippen molar-refractivity contribution in [2.24, 2.45) is 5.28 Å². The summed E-state index contributed by atoms with van der Waals surface area (Å²) in [5.74, 6) is 0.392. The topological polar surface area (TPSA) is 185 Å². The molecular formula is C36H46ClN9O7. The van der Waals surface area contributed by atoms with Crippen LogP contribution in [0.5, 0.6) is 0 Å². The average Bonchev–Trinajstić information content (AvgIpc) is 3.81. The first-order chi connectivity index (χ1) is 25.8. The molecule has 2 heterocycles. The highest BCUT2D eigenvalue weighted by molar-refractivity contribution is 6.32.